The van der Waals surface area contributed by atoms with Crippen molar-refractivity contribution in [3.63, 3.8) is 0 Å². The van der Waals surface area contributed by atoms with Crippen molar-refractivity contribution in [1.29, 1.82) is 0 Å². The van der Waals surface area contributed by atoms with E-state index in [1.54, 1.807) is 7.11 Å². The molecule has 3 saturated carbocycles. The van der Waals surface area contributed by atoms with Gasteiger partial charge in [-0.3, -0.25) is 14.5 Å². The Balaban J connectivity index is 1.08. The van der Waals surface area contributed by atoms with Crippen LogP contribution in [0.1, 0.15) is 84.5 Å². The maximum atomic E-state index is 14.1. The number of amides is 1. The van der Waals surface area contributed by atoms with Crippen LogP contribution < -0.4 is 10.1 Å². The number of nitrogens with zero attached hydrogens (tertiary/aromatic N) is 1. The topological polar surface area (TPSA) is 94.7 Å². The first kappa shape index (κ1) is 28.3. The molecule has 2 aromatic carbocycles. The van der Waals surface area contributed by atoms with E-state index >= 15 is 0 Å². The van der Waals surface area contributed by atoms with Crippen LogP contribution in [0.4, 0.5) is 8.78 Å². The summed E-state index contributed by atoms with van der Waals surface area (Å²) in [4.78, 5) is 29.9. The van der Waals surface area contributed by atoms with E-state index in [9.17, 15) is 23.5 Å². The Hall–Kier alpha value is -3.46. The van der Waals surface area contributed by atoms with Crippen molar-refractivity contribution >= 4 is 22.8 Å². The Bertz CT molecular complexity index is 1560. The fraction of sp³-hybridized carbons (Fsp3) is 0.529. The molecule has 7 nitrogen and oxygen atoms in total. The molecule has 0 bridgehead atoms. The Morgan fingerprint density at radius 1 is 1.07 bits per heavy atom. The van der Waals surface area contributed by atoms with Crippen LogP contribution in [0.5, 0.6) is 5.75 Å². The van der Waals surface area contributed by atoms with Gasteiger partial charge in [0.05, 0.1) is 13.0 Å². The molecule has 0 radical (unpaired) electrons. The molecule has 1 aliphatic heterocycles. The number of carboxylic acid groups (broad SMARTS) is 1. The van der Waals surface area contributed by atoms with Crippen molar-refractivity contribution in [3.05, 3.63) is 64.8 Å². The number of hydrogen-bond donors (Lipinski definition) is 3. The molecule has 1 saturated heterocycles. The number of carbonyl (C=O) groups excluding carboxylic acids is 1. The number of aryl methyl sites for hydroxylation is 1. The first-order valence-corrected chi connectivity index (χ1v) is 15.4. The van der Waals surface area contributed by atoms with Gasteiger partial charge < -0.3 is 20.1 Å². The number of fused-ring (bicyclic) bond motifs is 1. The minimum absolute atomic E-state index is 0.0587. The lowest BCUT2D eigenvalue weighted by atomic mass is 9.50. The van der Waals surface area contributed by atoms with Gasteiger partial charge in [0, 0.05) is 59.7 Å². The molecule has 9 heteroatoms. The maximum absolute atomic E-state index is 14.1. The zero-order chi connectivity index (χ0) is 30.1. The molecule has 3 aromatic rings. The predicted molar refractivity (Wildman–Crippen MR) is 158 cm³/mol. The highest BCUT2D eigenvalue weighted by Gasteiger charge is 2.58. The average Bonchev–Trinajstić information content (AvgIpc) is 3.41. The van der Waals surface area contributed by atoms with Crippen LogP contribution in [-0.2, 0) is 11.3 Å². The number of aliphatic carboxylic acids is 1. The standard InChI is InChI=1S/C34H39F2N3O4/c1-20-11-28(43-2)26(25-7-9-37-29(20)25)17-39-10-8-32(18-34(35,36)19-32)16-27(39)21-3-5-22(6-4-21)30(40)38-24-14-33(15-24)12-23(13-33)31(41)42/h3-7,9,11,23-24,27,37H,8,10,12-19H2,1-2H3,(H,38,40)(H,41,42)/t23?,24?,27-,33?/m1/s1. The van der Waals surface area contributed by atoms with E-state index in [2.05, 4.69) is 28.2 Å². The Labute approximate surface area is 250 Å². The van der Waals surface area contributed by atoms with Crippen molar-refractivity contribution < 1.29 is 28.2 Å². The molecule has 1 atom stereocenters. The van der Waals surface area contributed by atoms with Gasteiger partial charge in [0.2, 0.25) is 5.92 Å². The fourth-order valence-electron chi connectivity index (χ4n) is 8.75. The van der Waals surface area contributed by atoms with Crippen LogP contribution in [0.2, 0.25) is 0 Å². The molecule has 1 aromatic heterocycles. The van der Waals surface area contributed by atoms with Crippen LogP contribution >= 0.6 is 0 Å². The van der Waals surface area contributed by atoms with Gasteiger partial charge in [-0.15, -0.1) is 0 Å². The molecule has 228 valence electrons. The molecule has 43 heavy (non-hydrogen) atoms. The van der Waals surface area contributed by atoms with Crippen molar-refractivity contribution in [1.82, 2.24) is 15.2 Å². The number of H-pyrrole nitrogens is 1. The van der Waals surface area contributed by atoms with Crippen LogP contribution in [0.15, 0.2) is 42.6 Å². The lowest BCUT2D eigenvalue weighted by Gasteiger charge is -2.56. The minimum Gasteiger partial charge on any atom is -0.496 e. The number of aromatic amines is 1. The molecule has 3 N–H and O–H groups in total. The number of piperidine rings is 1. The second-order valence-electron chi connectivity index (χ2n) is 13.9. The van der Waals surface area contributed by atoms with E-state index in [4.69, 9.17) is 4.74 Å². The number of hydrogen-bond acceptors (Lipinski definition) is 4. The molecular formula is C34H39F2N3O4. The lowest BCUT2D eigenvalue weighted by molar-refractivity contribution is -0.186. The van der Waals surface area contributed by atoms with E-state index in [0.717, 1.165) is 52.6 Å². The van der Waals surface area contributed by atoms with Gasteiger partial charge in [0.15, 0.2) is 0 Å². The molecule has 2 spiro atoms. The normalized spacial score (nSPS) is 29.1. The minimum atomic E-state index is -2.58. The summed E-state index contributed by atoms with van der Waals surface area (Å²) in [5, 5.41) is 13.4. The third-order valence-corrected chi connectivity index (χ3v) is 10.9. The summed E-state index contributed by atoms with van der Waals surface area (Å²) < 4.78 is 34.0. The number of nitrogens with one attached hydrogen (secondary N) is 2. The number of likely N-dealkylation sites (tertiary alicyclic amines) is 1. The number of methoxy groups -OCH3 is 1. The van der Waals surface area contributed by atoms with E-state index in [1.165, 1.54) is 0 Å². The first-order chi connectivity index (χ1) is 20.5. The fourth-order valence-corrected chi connectivity index (χ4v) is 8.75. The third kappa shape index (κ3) is 4.99. The van der Waals surface area contributed by atoms with Gasteiger partial charge >= 0.3 is 5.97 Å². The summed E-state index contributed by atoms with van der Waals surface area (Å²) in [5.74, 6) is -2.85. The number of benzene rings is 2. The van der Waals surface area contributed by atoms with E-state index < -0.39 is 11.9 Å². The quantitative estimate of drug-likeness (QED) is 0.288. The molecule has 3 aliphatic carbocycles. The van der Waals surface area contributed by atoms with Gasteiger partial charge in [-0.2, -0.15) is 0 Å². The summed E-state index contributed by atoms with van der Waals surface area (Å²) >= 11 is 0. The maximum Gasteiger partial charge on any atom is 0.306 e. The van der Waals surface area contributed by atoms with Crippen molar-refractivity contribution in [2.24, 2.45) is 16.7 Å². The van der Waals surface area contributed by atoms with Gasteiger partial charge in [0.1, 0.15) is 5.75 Å². The smallest absolute Gasteiger partial charge is 0.306 e. The molecule has 4 fully saturated rings. The zero-order valence-electron chi connectivity index (χ0n) is 24.7. The Morgan fingerprint density at radius 2 is 1.79 bits per heavy atom. The number of ether oxygens (including phenoxy) is 1. The first-order valence-electron chi connectivity index (χ1n) is 15.4. The second-order valence-corrected chi connectivity index (χ2v) is 13.9. The summed E-state index contributed by atoms with van der Waals surface area (Å²) in [5.41, 5.74) is 4.60. The van der Waals surface area contributed by atoms with Crippen LogP contribution in [0.3, 0.4) is 0 Å². The lowest BCUT2D eigenvalue weighted by Crippen LogP contribution is -2.57. The highest BCUT2D eigenvalue weighted by molar-refractivity contribution is 5.94. The van der Waals surface area contributed by atoms with Gasteiger partial charge in [-0.05, 0) is 98.2 Å². The number of carbonyl (C=O) groups is 2. The van der Waals surface area contributed by atoms with Crippen molar-refractivity contribution in [2.45, 2.75) is 82.8 Å². The summed E-state index contributed by atoms with van der Waals surface area (Å²) in [7, 11) is 1.68. The third-order valence-electron chi connectivity index (χ3n) is 10.9. The molecule has 4 aliphatic rings. The monoisotopic (exact) mass is 591 g/mol. The highest BCUT2D eigenvalue weighted by atomic mass is 19.3. The SMILES string of the molecule is COc1cc(C)c2[nH]ccc2c1CN1CCC2(C[C@@H]1c1ccc(C(=O)NC3CC4(C3)CC(C(=O)O)C4)cc1)CC(F)(F)C2. The van der Waals surface area contributed by atoms with E-state index in [1.807, 2.05) is 36.5 Å². The number of alkyl halides is 2. The van der Waals surface area contributed by atoms with Crippen LogP contribution in [0, 0.1) is 23.7 Å². The largest absolute Gasteiger partial charge is 0.496 e. The molecule has 1 amide bonds. The van der Waals surface area contributed by atoms with Crippen molar-refractivity contribution in [2.75, 3.05) is 13.7 Å². The Morgan fingerprint density at radius 3 is 2.44 bits per heavy atom. The number of aromatic nitrogens is 1. The van der Waals surface area contributed by atoms with Gasteiger partial charge in [-0.25, -0.2) is 8.78 Å². The van der Waals surface area contributed by atoms with E-state index in [0.29, 0.717) is 37.9 Å². The van der Waals surface area contributed by atoms with Gasteiger partial charge in [0.25, 0.3) is 5.91 Å². The molecule has 0 unspecified atom stereocenters. The second kappa shape index (κ2) is 10.0. The van der Waals surface area contributed by atoms with Gasteiger partial charge in [-0.1, -0.05) is 12.1 Å². The van der Waals surface area contributed by atoms with E-state index in [-0.39, 0.29) is 47.6 Å². The zero-order valence-corrected chi connectivity index (χ0v) is 24.7. The van der Waals surface area contributed by atoms with Crippen molar-refractivity contribution in [3.8, 4) is 5.75 Å². The summed E-state index contributed by atoms with van der Waals surface area (Å²) in [6, 6.07) is 11.8. The number of carboxylic acids is 1. The summed E-state index contributed by atoms with van der Waals surface area (Å²) in [6.45, 7) is 3.39. The molecule has 7 rings (SSSR count). The number of rotatable bonds is 7. The van der Waals surface area contributed by atoms with Crippen LogP contribution in [0.25, 0.3) is 10.9 Å². The number of halogens is 2. The van der Waals surface area contributed by atoms with Crippen LogP contribution in [-0.4, -0.2) is 52.5 Å². The molecular weight excluding hydrogens is 552 g/mol. The Kier molecular flexibility index (Phi) is 6.61. The molecule has 2 heterocycles. The average molecular weight is 592 g/mol. The highest BCUT2D eigenvalue weighted by Crippen LogP contribution is 2.61. The summed E-state index contributed by atoms with van der Waals surface area (Å²) in [6.07, 6.45) is 6.29. The predicted octanol–water partition coefficient (Wildman–Crippen LogP) is 6.61.